The monoisotopic (exact) mass is 361 g/mol. The zero-order valence-electron chi connectivity index (χ0n) is 14.2. The van der Waals surface area contributed by atoms with Gasteiger partial charge in [-0.25, -0.2) is 9.82 Å². The van der Waals surface area contributed by atoms with Crippen molar-refractivity contribution in [3.63, 3.8) is 0 Å². The lowest BCUT2D eigenvalue weighted by molar-refractivity contribution is -0.136. The van der Waals surface area contributed by atoms with Gasteiger partial charge in [0.05, 0.1) is 6.21 Å². The van der Waals surface area contributed by atoms with Crippen molar-refractivity contribution in [3.8, 4) is 11.1 Å². The standard InChI is InChI=1S/C21H16FN3O2/c22-17-12-10-15(11-13-17)14-23-25-21(27)20(26)24-19-9-5-4-8-18(19)16-6-2-1-3-7-16/h1-14H,(H,24,26)(H,25,27)/b23-14-. The van der Waals surface area contributed by atoms with Crippen molar-refractivity contribution in [2.75, 3.05) is 5.32 Å². The second-order valence-electron chi connectivity index (χ2n) is 5.62. The number of nitrogens with one attached hydrogen (secondary N) is 2. The molecule has 3 aromatic carbocycles. The van der Waals surface area contributed by atoms with Crippen LogP contribution in [0.15, 0.2) is 84.0 Å². The minimum Gasteiger partial charge on any atom is -0.317 e. The minimum absolute atomic E-state index is 0.368. The van der Waals surface area contributed by atoms with E-state index < -0.39 is 11.8 Å². The van der Waals surface area contributed by atoms with Crippen LogP contribution in [0.2, 0.25) is 0 Å². The molecule has 0 fully saturated rings. The summed E-state index contributed by atoms with van der Waals surface area (Å²) in [6, 6.07) is 22.3. The number of hydrogen-bond donors (Lipinski definition) is 2. The molecule has 0 aromatic heterocycles. The molecule has 6 heteroatoms. The first kappa shape index (κ1) is 18.0. The van der Waals surface area contributed by atoms with Gasteiger partial charge in [0.1, 0.15) is 5.82 Å². The van der Waals surface area contributed by atoms with Crippen molar-refractivity contribution >= 4 is 23.7 Å². The molecule has 0 aliphatic rings. The number of hydrogen-bond acceptors (Lipinski definition) is 3. The molecule has 2 N–H and O–H groups in total. The summed E-state index contributed by atoms with van der Waals surface area (Å²) in [6.45, 7) is 0. The molecule has 0 saturated heterocycles. The quantitative estimate of drug-likeness (QED) is 0.424. The van der Waals surface area contributed by atoms with E-state index in [0.717, 1.165) is 11.1 Å². The van der Waals surface area contributed by atoms with Gasteiger partial charge in [-0.05, 0) is 29.3 Å². The summed E-state index contributed by atoms with van der Waals surface area (Å²) in [7, 11) is 0. The molecule has 2 amide bonds. The van der Waals surface area contributed by atoms with E-state index in [4.69, 9.17) is 0 Å². The Morgan fingerprint density at radius 3 is 2.22 bits per heavy atom. The van der Waals surface area contributed by atoms with Crippen LogP contribution in [0, 0.1) is 5.82 Å². The second-order valence-corrected chi connectivity index (χ2v) is 5.62. The van der Waals surface area contributed by atoms with E-state index in [9.17, 15) is 14.0 Å². The number of halogens is 1. The predicted molar refractivity (Wildman–Crippen MR) is 103 cm³/mol. The van der Waals surface area contributed by atoms with Crippen LogP contribution in [-0.2, 0) is 9.59 Å². The summed E-state index contributed by atoms with van der Waals surface area (Å²) in [5.41, 5.74) is 4.98. The maximum atomic E-state index is 12.8. The molecule has 3 aromatic rings. The van der Waals surface area contributed by atoms with E-state index in [1.54, 1.807) is 12.1 Å². The third-order valence-corrected chi connectivity index (χ3v) is 3.72. The topological polar surface area (TPSA) is 70.6 Å². The highest BCUT2D eigenvalue weighted by Gasteiger charge is 2.15. The first-order valence-corrected chi connectivity index (χ1v) is 8.18. The Hall–Kier alpha value is -3.80. The Balaban J connectivity index is 1.65. The third-order valence-electron chi connectivity index (χ3n) is 3.72. The molecule has 134 valence electrons. The van der Waals surface area contributed by atoms with Crippen molar-refractivity contribution in [2.24, 2.45) is 5.10 Å². The van der Waals surface area contributed by atoms with Crippen LogP contribution in [0.4, 0.5) is 10.1 Å². The Labute approximate surface area is 155 Å². The predicted octanol–water partition coefficient (Wildman–Crippen LogP) is 3.58. The molecule has 0 saturated carbocycles. The summed E-state index contributed by atoms with van der Waals surface area (Å²) in [6.07, 6.45) is 1.32. The van der Waals surface area contributed by atoms with E-state index >= 15 is 0 Å². The van der Waals surface area contributed by atoms with Gasteiger partial charge in [0.15, 0.2) is 0 Å². The summed E-state index contributed by atoms with van der Waals surface area (Å²) < 4.78 is 12.8. The number of amides is 2. The smallest absolute Gasteiger partial charge is 0.317 e. The second kappa shape index (κ2) is 8.53. The molecule has 3 rings (SSSR count). The van der Waals surface area contributed by atoms with Gasteiger partial charge < -0.3 is 5.32 Å². The molecule has 0 atom stereocenters. The molecule has 5 nitrogen and oxygen atoms in total. The number of rotatable bonds is 4. The number of hydrazone groups is 1. The highest BCUT2D eigenvalue weighted by Crippen LogP contribution is 2.27. The van der Waals surface area contributed by atoms with E-state index in [0.29, 0.717) is 11.3 Å². The number of carbonyl (C=O) groups is 2. The maximum Gasteiger partial charge on any atom is 0.329 e. The average molecular weight is 361 g/mol. The normalized spacial score (nSPS) is 10.6. The van der Waals surface area contributed by atoms with Crippen molar-refractivity contribution in [3.05, 3.63) is 90.2 Å². The Morgan fingerprint density at radius 1 is 0.815 bits per heavy atom. The van der Waals surface area contributed by atoms with E-state index in [1.165, 1.54) is 30.5 Å². The maximum absolute atomic E-state index is 12.8. The van der Waals surface area contributed by atoms with Crippen LogP contribution in [-0.4, -0.2) is 18.0 Å². The van der Waals surface area contributed by atoms with E-state index in [2.05, 4.69) is 15.8 Å². The van der Waals surface area contributed by atoms with Crippen molar-refractivity contribution in [2.45, 2.75) is 0 Å². The van der Waals surface area contributed by atoms with Crippen LogP contribution >= 0.6 is 0 Å². The summed E-state index contributed by atoms with van der Waals surface area (Å²) in [5, 5.41) is 6.30. The van der Waals surface area contributed by atoms with Crippen molar-refractivity contribution in [1.29, 1.82) is 0 Å². The molecule has 0 bridgehead atoms. The first-order chi connectivity index (χ1) is 13.1. The fourth-order valence-electron chi connectivity index (χ4n) is 2.41. The third kappa shape index (κ3) is 4.85. The number of anilines is 1. The lowest BCUT2D eigenvalue weighted by atomic mass is 10.0. The summed E-state index contributed by atoms with van der Waals surface area (Å²) in [4.78, 5) is 24.1. The molecule has 0 heterocycles. The van der Waals surface area contributed by atoms with Crippen LogP contribution in [0.3, 0.4) is 0 Å². The van der Waals surface area contributed by atoms with Gasteiger partial charge in [-0.2, -0.15) is 5.10 Å². The summed E-state index contributed by atoms with van der Waals surface area (Å²) >= 11 is 0. The molecule has 0 unspecified atom stereocenters. The van der Waals surface area contributed by atoms with Gasteiger partial charge >= 0.3 is 11.8 Å². The Morgan fingerprint density at radius 2 is 1.48 bits per heavy atom. The van der Waals surface area contributed by atoms with Crippen LogP contribution in [0.5, 0.6) is 0 Å². The molecule has 0 radical (unpaired) electrons. The van der Waals surface area contributed by atoms with Gasteiger partial charge in [-0.3, -0.25) is 9.59 Å². The Bertz CT molecular complexity index is 970. The van der Waals surface area contributed by atoms with Crippen LogP contribution in [0.1, 0.15) is 5.56 Å². The van der Waals surface area contributed by atoms with E-state index in [-0.39, 0.29) is 5.82 Å². The molecular weight excluding hydrogens is 345 g/mol. The van der Waals surface area contributed by atoms with Gasteiger partial charge in [0.2, 0.25) is 0 Å². The highest BCUT2D eigenvalue weighted by atomic mass is 19.1. The fraction of sp³-hybridized carbons (Fsp3) is 0. The molecule has 0 aliphatic carbocycles. The lowest BCUT2D eigenvalue weighted by Gasteiger charge is -2.10. The molecule has 0 spiro atoms. The summed E-state index contributed by atoms with van der Waals surface area (Å²) in [5.74, 6) is -2.11. The van der Waals surface area contributed by atoms with Gasteiger partial charge in [0.25, 0.3) is 0 Å². The molecule has 0 aliphatic heterocycles. The average Bonchev–Trinajstić information content (AvgIpc) is 2.70. The lowest BCUT2D eigenvalue weighted by Crippen LogP contribution is -2.32. The first-order valence-electron chi connectivity index (χ1n) is 8.18. The highest BCUT2D eigenvalue weighted by molar-refractivity contribution is 6.39. The van der Waals surface area contributed by atoms with E-state index in [1.807, 2.05) is 42.5 Å². The zero-order chi connectivity index (χ0) is 19.1. The van der Waals surface area contributed by atoms with Gasteiger partial charge in [0, 0.05) is 11.3 Å². The SMILES string of the molecule is O=C(N/N=C\c1ccc(F)cc1)C(=O)Nc1ccccc1-c1ccccc1. The number of carbonyl (C=O) groups excluding carboxylic acids is 2. The van der Waals surface area contributed by atoms with Gasteiger partial charge in [-0.1, -0.05) is 60.7 Å². The molecular formula is C21H16FN3O2. The number of para-hydroxylation sites is 1. The van der Waals surface area contributed by atoms with Crippen molar-refractivity contribution < 1.29 is 14.0 Å². The van der Waals surface area contributed by atoms with Crippen molar-refractivity contribution in [1.82, 2.24) is 5.43 Å². The Kier molecular flexibility index (Phi) is 5.69. The minimum atomic E-state index is -0.906. The fourth-order valence-corrected chi connectivity index (χ4v) is 2.41. The number of nitrogens with zero attached hydrogens (tertiary/aromatic N) is 1. The largest absolute Gasteiger partial charge is 0.329 e. The zero-order valence-corrected chi connectivity index (χ0v) is 14.2. The number of benzene rings is 3. The van der Waals surface area contributed by atoms with Gasteiger partial charge in [-0.15, -0.1) is 0 Å². The van der Waals surface area contributed by atoms with Crippen LogP contribution in [0.25, 0.3) is 11.1 Å². The molecule has 27 heavy (non-hydrogen) atoms. The van der Waals surface area contributed by atoms with Crippen LogP contribution < -0.4 is 10.7 Å².